The first-order chi connectivity index (χ1) is 5.34. The molecule has 56 valence electrons. The zero-order valence-electron chi connectivity index (χ0n) is 5.56. The van der Waals surface area contributed by atoms with Crippen LogP contribution >= 0.6 is 12.2 Å². The van der Waals surface area contributed by atoms with Gasteiger partial charge in [0.1, 0.15) is 0 Å². The minimum absolute atomic E-state index is 0.382. The predicted octanol–water partition coefficient (Wildman–Crippen LogP) is 0.415. The molecule has 1 aromatic rings. The molecule has 11 heavy (non-hydrogen) atoms. The molecule has 0 atom stereocenters. The maximum atomic E-state index is 8.15. The van der Waals surface area contributed by atoms with Gasteiger partial charge in [0.05, 0.1) is 12.6 Å². The van der Waals surface area contributed by atoms with Crippen molar-refractivity contribution in [3.05, 3.63) is 16.9 Å². The number of nitriles is 1. The van der Waals surface area contributed by atoms with Gasteiger partial charge in [-0.2, -0.15) is 10.5 Å². The van der Waals surface area contributed by atoms with Gasteiger partial charge < -0.3 is 0 Å². The van der Waals surface area contributed by atoms with Crippen LogP contribution in [0.4, 0.5) is 0 Å². The Kier molecular flexibility index (Phi) is 2.52. The van der Waals surface area contributed by atoms with Crippen LogP contribution in [0.1, 0.15) is 0 Å². The topological polar surface area (TPSA) is 70.3 Å². The fraction of sp³-hybridized carbons (Fsp3) is 0.200. The lowest BCUT2D eigenvalue weighted by atomic mass is 10.5. The molecule has 5 nitrogen and oxygen atoms in total. The molecule has 0 unspecified atom stereocenters. The van der Waals surface area contributed by atoms with Gasteiger partial charge in [0.25, 0.3) is 0 Å². The zero-order valence-corrected chi connectivity index (χ0v) is 6.38. The van der Waals surface area contributed by atoms with Crippen molar-refractivity contribution in [2.24, 2.45) is 0 Å². The first kappa shape index (κ1) is 7.63. The molecule has 0 aromatic carbocycles. The van der Waals surface area contributed by atoms with Crippen molar-refractivity contribution in [2.75, 3.05) is 0 Å². The molecule has 0 aliphatic rings. The second-order valence-electron chi connectivity index (χ2n) is 1.72. The van der Waals surface area contributed by atoms with Crippen molar-refractivity contribution < 1.29 is 0 Å². The lowest BCUT2D eigenvalue weighted by molar-refractivity contribution is 0.654. The van der Waals surface area contributed by atoms with Crippen LogP contribution in [0.2, 0.25) is 0 Å². The number of H-pyrrole nitrogens is 1. The summed E-state index contributed by atoms with van der Waals surface area (Å²) in [6, 6.07) is 1.87. The first-order valence-corrected chi connectivity index (χ1v) is 3.28. The third kappa shape index (κ3) is 1.98. The standard InChI is InChI=1S/C5H5N5S/c6-3-1-2-4-10-5(11)7-8-9-10/h1-2H,4H2,(H,7,9,11). The lowest BCUT2D eigenvalue weighted by Gasteiger charge is -1.89. The molecule has 0 spiro atoms. The highest BCUT2D eigenvalue weighted by molar-refractivity contribution is 7.71. The average Bonchev–Trinajstić information content (AvgIpc) is 2.37. The molecule has 0 fully saturated rings. The molecule has 0 bridgehead atoms. The predicted molar refractivity (Wildman–Crippen MR) is 40.0 cm³/mol. The van der Waals surface area contributed by atoms with Crippen molar-refractivity contribution in [1.29, 1.82) is 5.26 Å². The Bertz CT molecular complexity index is 340. The largest absolute Gasteiger partial charge is 0.239 e. The van der Waals surface area contributed by atoms with E-state index in [0.717, 1.165) is 0 Å². The molecule has 1 rings (SSSR count). The quantitative estimate of drug-likeness (QED) is 0.511. The number of nitrogens with one attached hydrogen (secondary N) is 1. The van der Waals surface area contributed by atoms with Gasteiger partial charge >= 0.3 is 0 Å². The van der Waals surface area contributed by atoms with E-state index in [1.54, 1.807) is 10.8 Å². The number of allylic oxidation sites excluding steroid dienone is 2. The number of aromatic amines is 1. The molecular weight excluding hydrogens is 162 g/mol. The fourth-order valence-electron chi connectivity index (χ4n) is 0.546. The van der Waals surface area contributed by atoms with Crippen LogP contribution in [0.15, 0.2) is 12.2 Å². The summed E-state index contributed by atoms with van der Waals surface area (Å²) >= 11 is 4.78. The van der Waals surface area contributed by atoms with E-state index >= 15 is 0 Å². The summed E-state index contributed by atoms with van der Waals surface area (Å²) in [4.78, 5) is 0. The number of hydrogen-bond acceptors (Lipinski definition) is 4. The van der Waals surface area contributed by atoms with Gasteiger partial charge in [-0.15, -0.1) is 0 Å². The Labute approximate surface area is 67.9 Å². The highest BCUT2D eigenvalue weighted by atomic mass is 32.1. The Morgan fingerprint density at radius 2 is 2.64 bits per heavy atom. The highest BCUT2D eigenvalue weighted by Gasteiger charge is 1.88. The number of rotatable bonds is 2. The summed E-state index contributed by atoms with van der Waals surface area (Å²) in [6.45, 7) is 0.499. The smallest absolute Gasteiger partial charge is 0.238 e. The van der Waals surface area contributed by atoms with E-state index in [4.69, 9.17) is 17.5 Å². The van der Waals surface area contributed by atoms with E-state index in [0.29, 0.717) is 11.3 Å². The Morgan fingerprint density at radius 1 is 1.82 bits per heavy atom. The van der Waals surface area contributed by atoms with Crippen LogP contribution in [-0.4, -0.2) is 20.2 Å². The third-order valence-corrected chi connectivity index (χ3v) is 1.31. The Hall–Kier alpha value is -1.48. The zero-order chi connectivity index (χ0) is 8.10. The van der Waals surface area contributed by atoms with Crippen LogP contribution in [-0.2, 0) is 6.54 Å². The molecule has 0 radical (unpaired) electrons. The van der Waals surface area contributed by atoms with Crippen molar-refractivity contribution >= 4 is 12.2 Å². The molecule has 1 aromatic heterocycles. The summed E-state index contributed by atoms with van der Waals surface area (Å²) < 4.78 is 1.93. The molecular formula is C5H5N5S. The van der Waals surface area contributed by atoms with E-state index in [1.165, 1.54) is 6.08 Å². The van der Waals surface area contributed by atoms with E-state index in [1.807, 2.05) is 6.07 Å². The normalized spacial score (nSPS) is 10.1. The van der Waals surface area contributed by atoms with Gasteiger partial charge in [0.2, 0.25) is 4.77 Å². The van der Waals surface area contributed by atoms with Crippen LogP contribution in [0.3, 0.4) is 0 Å². The molecule has 0 aliphatic heterocycles. The van der Waals surface area contributed by atoms with Gasteiger partial charge in [-0.25, -0.2) is 4.68 Å². The maximum absolute atomic E-state index is 8.15. The van der Waals surface area contributed by atoms with Crippen LogP contribution in [0, 0.1) is 16.1 Å². The van der Waals surface area contributed by atoms with Gasteiger partial charge in [-0.05, 0) is 12.2 Å². The minimum Gasteiger partial charge on any atom is -0.239 e. The SMILES string of the molecule is N#CC=CCn1[nH]nnc1=S. The van der Waals surface area contributed by atoms with Crippen LogP contribution in [0.25, 0.3) is 0 Å². The first-order valence-electron chi connectivity index (χ1n) is 2.87. The summed E-state index contributed by atoms with van der Waals surface area (Å²) in [5.41, 5.74) is 0. The number of tetrazole rings is 1. The van der Waals surface area contributed by atoms with Crippen molar-refractivity contribution in [3.63, 3.8) is 0 Å². The van der Waals surface area contributed by atoms with Crippen molar-refractivity contribution in [1.82, 2.24) is 20.2 Å². The highest BCUT2D eigenvalue weighted by Crippen LogP contribution is 1.83. The Morgan fingerprint density at radius 3 is 3.18 bits per heavy atom. The molecule has 1 heterocycles. The average molecular weight is 167 g/mol. The van der Waals surface area contributed by atoms with E-state index in [2.05, 4.69) is 15.5 Å². The molecule has 1 N–H and O–H groups in total. The Balaban J connectivity index is 2.67. The molecule has 0 saturated heterocycles. The van der Waals surface area contributed by atoms with E-state index < -0.39 is 0 Å². The van der Waals surface area contributed by atoms with Gasteiger partial charge in [0.15, 0.2) is 0 Å². The molecule has 0 amide bonds. The van der Waals surface area contributed by atoms with Crippen molar-refractivity contribution in [3.8, 4) is 6.07 Å². The molecule has 0 saturated carbocycles. The minimum atomic E-state index is 0.382. The van der Waals surface area contributed by atoms with Crippen LogP contribution in [0.5, 0.6) is 0 Å². The van der Waals surface area contributed by atoms with Crippen LogP contribution < -0.4 is 0 Å². The second-order valence-corrected chi connectivity index (χ2v) is 2.09. The lowest BCUT2D eigenvalue weighted by Crippen LogP contribution is -1.97. The summed E-state index contributed by atoms with van der Waals surface area (Å²) in [5.74, 6) is 0. The monoisotopic (exact) mass is 167 g/mol. The summed E-state index contributed by atoms with van der Waals surface area (Å²) in [5, 5.41) is 17.7. The number of nitrogens with zero attached hydrogens (tertiary/aromatic N) is 4. The van der Waals surface area contributed by atoms with Crippen molar-refractivity contribution in [2.45, 2.75) is 6.54 Å². The summed E-state index contributed by atoms with van der Waals surface area (Å²) in [7, 11) is 0. The maximum Gasteiger partial charge on any atom is 0.238 e. The summed E-state index contributed by atoms with van der Waals surface area (Å²) in [6.07, 6.45) is 3.04. The number of hydrogen-bond donors (Lipinski definition) is 1. The van der Waals surface area contributed by atoms with Gasteiger partial charge in [0, 0.05) is 6.08 Å². The van der Waals surface area contributed by atoms with Gasteiger partial charge in [-0.3, -0.25) is 0 Å². The van der Waals surface area contributed by atoms with E-state index in [-0.39, 0.29) is 0 Å². The third-order valence-electron chi connectivity index (χ3n) is 1.01. The molecule has 0 aliphatic carbocycles. The molecule has 6 heteroatoms. The number of aromatic nitrogens is 4. The van der Waals surface area contributed by atoms with Gasteiger partial charge in [-0.1, -0.05) is 16.4 Å². The fourth-order valence-corrected chi connectivity index (χ4v) is 0.702. The van der Waals surface area contributed by atoms with E-state index in [9.17, 15) is 0 Å². The second kappa shape index (κ2) is 3.63.